The van der Waals surface area contributed by atoms with Gasteiger partial charge in [0.15, 0.2) is 0 Å². The van der Waals surface area contributed by atoms with Crippen molar-refractivity contribution < 1.29 is 23.5 Å². The zero-order valence-electron chi connectivity index (χ0n) is 20.1. The van der Waals surface area contributed by atoms with Gasteiger partial charge in [0.1, 0.15) is 23.5 Å². The van der Waals surface area contributed by atoms with Crippen LogP contribution in [0, 0.1) is 23.1 Å². The van der Waals surface area contributed by atoms with Gasteiger partial charge >= 0.3 is 6.09 Å². The Labute approximate surface area is 203 Å². The fourth-order valence-corrected chi connectivity index (χ4v) is 5.74. The number of carbonyl (C=O) groups excluding carboxylic acids is 3. The Morgan fingerprint density at radius 3 is 2.57 bits per heavy atom. The maximum atomic E-state index is 13.6. The lowest BCUT2D eigenvalue weighted by Gasteiger charge is -2.36. The normalized spacial score (nSPS) is 30.1. The Bertz CT molecular complexity index is 1080. The monoisotopic (exact) mass is 483 g/mol. The molecule has 9 nitrogen and oxygen atoms in total. The number of halogens is 1. The van der Waals surface area contributed by atoms with Crippen LogP contribution in [0.25, 0.3) is 0 Å². The second-order valence-electron chi connectivity index (χ2n) is 10.9. The average molecular weight is 484 g/mol. The van der Waals surface area contributed by atoms with Crippen LogP contribution in [0.1, 0.15) is 40.0 Å². The highest BCUT2D eigenvalue weighted by atomic mass is 19.1. The molecule has 0 radical (unpaired) electrons. The molecule has 6 atom stereocenters. The largest absolute Gasteiger partial charge is 0.444 e. The van der Waals surface area contributed by atoms with E-state index in [1.807, 2.05) is 4.90 Å². The van der Waals surface area contributed by atoms with E-state index in [-0.39, 0.29) is 36.3 Å². The summed E-state index contributed by atoms with van der Waals surface area (Å²) in [6.45, 7) is 5.90. The molecule has 1 N–H and O–H groups in total. The highest BCUT2D eigenvalue weighted by Crippen LogP contribution is 2.48. The fourth-order valence-electron chi connectivity index (χ4n) is 5.74. The number of piperazine rings is 1. The first kappa shape index (κ1) is 23.5. The van der Waals surface area contributed by atoms with Gasteiger partial charge in [-0.15, -0.1) is 0 Å². The number of nitrogens with zero attached hydrogens (tertiary/aromatic N) is 4. The van der Waals surface area contributed by atoms with E-state index in [0.29, 0.717) is 31.0 Å². The summed E-state index contributed by atoms with van der Waals surface area (Å²) in [7, 11) is 0. The van der Waals surface area contributed by atoms with Gasteiger partial charge in [-0.1, -0.05) is 0 Å². The number of hydrogen-bond acceptors (Lipinski definition) is 6. The number of benzene rings is 1. The van der Waals surface area contributed by atoms with Gasteiger partial charge < -0.3 is 19.9 Å². The van der Waals surface area contributed by atoms with E-state index in [1.165, 1.54) is 12.1 Å². The molecule has 35 heavy (non-hydrogen) atoms. The number of ether oxygens (including phenoxy) is 1. The Kier molecular flexibility index (Phi) is 5.71. The van der Waals surface area contributed by atoms with Gasteiger partial charge in [-0.05, 0) is 70.2 Å². The summed E-state index contributed by atoms with van der Waals surface area (Å²) in [5.41, 5.74) is -0.0859. The zero-order valence-corrected chi connectivity index (χ0v) is 20.1. The van der Waals surface area contributed by atoms with Crippen LogP contribution in [0.4, 0.5) is 14.9 Å². The molecule has 4 fully saturated rings. The minimum absolute atomic E-state index is 0.0423. The molecule has 0 aromatic heterocycles. The van der Waals surface area contributed by atoms with Crippen molar-refractivity contribution >= 4 is 23.6 Å². The molecule has 186 valence electrons. The molecule has 3 heterocycles. The van der Waals surface area contributed by atoms with E-state index >= 15 is 0 Å². The molecule has 10 heteroatoms. The van der Waals surface area contributed by atoms with Crippen molar-refractivity contribution in [2.24, 2.45) is 5.92 Å². The molecule has 3 saturated heterocycles. The second kappa shape index (κ2) is 8.48. The minimum atomic E-state index is -0.938. The molecule has 0 unspecified atom stereocenters. The first-order valence-corrected chi connectivity index (χ1v) is 12.1. The molecule has 3 amide bonds. The summed E-state index contributed by atoms with van der Waals surface area (Å²) in [5.74, 6) is -0.427. The summed E-state index contributed by atoms with van der Waals surface area (Å²) in [6.07, 6.45) is 1.42. The number of hydrogen-bond donors (Lipinski definition) is 1. The van der Waals surface area contributed by atoms with E-state index in [9.17, 15) is 24.0 Å². The van der Waals surface area contributed by atoms with Crippen LogP contribution in [0.2, 0.25) is 0 Å². The molecular weight excluding hydrogens is 453 g/mol. The van der Waals surface area contributed by atoms with E-state index in [2.05, 4.69) is 11.4 Å². The van der Waals surface area contributed by atoms with Gasteiger partial charge in [-0.3, -0.25) is 14.5 Å². The third-order valence-electron chi connectivity index (χ3n) is 7.29. The lowest BCUT2D eigenvalue weighted by atomic mass is 10.1. The standard InChI is InChI=1S/C25H30FN5O4/c1-25(2,3)35-24(34)28-19(22(32)31-17(11-27)8-14-9-20(14)31)13-29-12-18-10-21(29)23(33)30(18)16-6-4-15(26)5-7-16/h4-7,14,17-21H,8-10,12-13H2,1-3H3,(H,28,34)/t14-,17+,18-,19+,20+,21-/m1/s1. The lowest BCUT2D eigenvalue weighted by Crippen LogP contribution is -2.59. The highest BCUT2D eigenvalue weighted by molar-refractivity contribution is 6.01. The van der Waals surface area contributed by atoms with Gasteiger partial charge in [-0.25, -0.2) is 9.18 Å². The Hall–Kier alpha value is -3.19. The maximum Gasteiger partial charge on any atom is 0.408 e. The van der Waals surface area contributed by atoms with Crippen LogP contribution in [0.3, 0.4) is 0 Å². The van der Waals surface area contributed by atoms with Crippen molar-refractivity contribution in [3.8, 4) is 6.07 Å². The van der Waals surface area contributed by atoms with Crippen molar-refractivity contribution in [1.82, 2.24) is 15.1 Å². The van der Waals surface area contributed by atoms with Gasteiger partial charge in [0.2, 0.25) is 11.8 Å². The minimum Gasteiger partial charge on any atom is -0.444 e. The third-order valence-corrected chi connectivity index (χ3v) is 7.29. The third kappa shape index (κ3) is 4.45. The van der Waals surface area contributed by atoms with Crippen molar-refractivity contribution in [2.45, 2.75) is 75.8 Å². The molecular formula is C25H30FN5O4. The predicted molar refractivity (Wildman–Crippen MR) is 124 cm³/mol. The van der Waals surface area contributed by atoms with Crippen molar-refractivity contribution in [2.75, 3.05) is 18.0 Å². The van der Waals surface area contributed by atoms with Gasteiger partial charge in [0, 0.05) is 24.8 Å². The SMILES string of the molecule is CC(C)(C)OC(=O)N[C@@H](CN1C[C@H]2C[C@@H]1C(=O)N2c1ccc(F)cc1)C(=O)N1[C@H](C#N)C[C@@H]2C[C@@H]21. The summed E-state index contributed by atoms with van der Waals surface area (Å²) in [4.78, 5) is 44.6. The number of nitriles is 1. The van der Waals surface area contributed by atoms with Crippen molar-refractivity contribution in [1.29, 1.82) is 5.26 Å². The molecule has 3 aliphatic heterocycles. The quantitative estimate of drug-likeness (QED) is 0.687. The van der Waals surface area contributed by atoms with Crippen molar-refractivity contribution in [3.05, 3.63) is 30.1 Å². The van der Waals surface area contributed by atoms with E-state index in [0.717, 1.165) is 6.42 Å². The number of carbonyl (C=O) groups is 3. The first-order valence-electron chi connectivity index (χ1n) is 12.1. The van der Waals surface area contributed by atoms with Crippen LogP contribution in [-0.4, -0.2) is 76.6 Å². The molecule has 1 aromatic carbocycles. The van der Waals surface area contributed by atoms with Gasteiger partial charge in [-0.2, -0.15) is 5.26 Å². The van der Waals surface area contributed by atoms with Gasteiger partial charge in [0.05, 0.1) is 18.2 Å². The fraction of sp³-hybridized carbons (Fsp3) is 0.600. The molecule has 1 aromatic rings. The number of likely N-dealkylation sites (tertiary alicyclic amines) is 2. The van der Waals surface area contributed by atoms with Crippen LogP contribution in [-0.2, 0) is 14.3 Å². The zero-order chi connectivity index (χ0) is 25.1. The van der Waals surface area contributed by atoms with E-state index < -0.39 is 29.8 Å². The molecule has 1 aliphatic carbocycles. The first-order chi connectivity index (χ1) is 16.6. The number of nitrogens with one attached hydrogen (secondary N) is 1. The number of fused-ring (bicyclic) bond motifs is 3. The smallest absolute Gasteiger partial charge is 0.408 e. The van der Waals surface area contributed by atoms with Crippen LogP contribution in [0.15, 0.2) is 24.3 Å². The van der Waals surface area contributed by atoms with E-state index in [4.69, 9.17) is 4.74 Å². The molecule has 2 bridgehead atoms. The Morgan fingerprint density at radius 2 is 1.94 bits per heavy atom. The number of amides is 3. The van der Waals surface area contributed by atoms with E-state index in [1.54, 1.807) is 42.7 Å². The maximum absolute atomic E-state index is 13.6. The summed E-state index contributed by atoms with van der Waals surface area (Å²) in [6, 6.07) is 6.15. The Balaban J connectivity index is 1.32. The topological polar surface area (TPSA) is 106 Å². The summed E-state index contributed by atoms with van der Waals surface area (Å²) < 4.78 is 18.7. The molecule has 4 aliphatic rings. The van der Waals surface area contributed by atoms with Crippen LogP contribution >= 0.6 is 0 Å². The lowest BCUT2D eigenvalue weighted by molar-refractivity contribution is -0.136. The number of anilines is 1. The Morgan fingerprint density at radius 1 is 1.23 bits per heavy atom. The van der Waals surface area contributed by atoms with Crippen LogP contribution in [0.5, 0.6) is 0 Å². The number of piperidine rings is 1. The van der Waals surface area contributed by atoms with Crippen LogP contribution < -0.4 is 10.2 Å². The second-order valence-corrected chi connectivity index (χ2v) is 10.9. The number of rotatable bonds is 5. The predicted octanol–water partition coefficient (Wildman–Crippen LogP) is 2.02. The number of alkyl carbamates (subject to hydrolysis) is 1. The highest BCUT2D eigenvalue weighted by Gasteiger charge is 2.56. The summed E-state index contributed by atoms with van der Waals surface area (Å²) >= 11 is 0. The molecule has 0 spiro atoms. The molecule has 5 rings (SSSR count). The van der Waals surface area contributed by atoms with Crippen molar-refractivity contribution in [3.63, 3.8) is 0 Å². The van der Waals surface area contributed by atoms with Gasteiger partial charge in [0.25, 0.3) is 0 Å². The molecule has 1 saturated carbocycles. The average Bonchev–Trinajstić information content (AvgIpc) is 3.11. The summed E-state index contributed by atoms with van der Waals surface area (Å²) in [5, 5.41) is 12.3.